The van der Waals surface area contributed by atoms with E-state index in [1.807, 2.05) is 19.2 Å². The normalized spacial score (nSPS) is 14.9. The number of hydrogen-bond acceptors (Lipinski definition) is 2. The molecule has 0 radical (unpaired) electrons. The zero-order valence-corrected chi connectivity index (χ0v) is 11.0. The smallest absolute Gasteiger partial charge is 0.127 e. The zero-order valence-electron chi connectivity index (χ0n) is 11.0. The fourth-order valence-corrected chi connectivity index (χ4v) is 2.06. The fraction of sp³-hybridized carbons (Fsp3) is 0.571. The molecule has 1 aromatic carbocycles. The summed E-state index contributed by atoms with van der Waals surface area (Å²) >= 11 is 0. The van der Waals surface area contributed by atoms with Crippen LogP contribution in [0.4, 0.5) is 4.39 Å². The van der Waals surface area contributed by atoms with Gasteiger partial charge in [-0.05, 0) is 26.5 Å². The van der Waals surface area contributed by atoms with Crippen LogP contribution in [0.2, 0.25) is 0 Å². The van der Waals surface area contributed by atoms with E-state index >= 15 is 0 Å². The van der Waals surface area contributed by atoms with Gasteiger partial charge in [0.15, 0.2) is 0 Å². The zero-order chi connectivity index (χ0) is 12.9. The van der Waals surface area contributed by atoms with Crippen molar-refractivity contribution in [3.05, 3.63) is 35.6 Å². The summed E-state index contributed by atoms with van der Waals surface area (Å²) in [5.74, 6) is -0.143. The van der Waals surface area contributed by atoms with Gasteiger partial charge in [0.2, 0.25) is 0 Å². The van der Waals surface area contributed by atoms with Crippen molar-refractivity contribution < 1.29 is 4.39 Å². The summed E-state index contributed by atoms with van der Waals surface area (Å²) in [5, 5.41) is 0. The highest BCUT2D eigenvalue weighted by molar-refractivity contribution is 5.17. The van der Waals surface area contributed by atoms with Gasteiger partial charge in [-0.2, -0.15) is 0 Å². The second-order valence-electron chi connectivity index (χ2n) is 4.90. The van der Waals surface area contributed by atoms with Gasteiger partial charge in [-0.1, -0.05) is 31.5 Å². The topological polar surface area (TPSA) is 29.3 Å². The van der Waals surface area contributed by atoms with Crippen LogP contribution in [0.1, 0.15) is 32.3 Å². The van der Waals surface area contributed by atoms with E-state index in [2.05, 4.69) is 18.7 Å². The molecule has 0 aliphatic heterocycles. The van der Waals surface area contributed by atoms with Crippen molar-refractivity contribution in [2.24, 2.45) is 5.73 Å². The van der Waals surface area contributed by atoms with E-state index in [0.29, 0.717) is 13.1 Å². The average Bonchev–Trinajstić information content (AvgIpc) is 2.32. The minimum Gasteiger partial charge on any atom is -0.329 e. The van der Waals surface area contributed by atoms with Crippen molar-refractivity contribution in [3.8, 4) is 0 Å². The van der Waals surface area contributed by atoms with Gasteiger partial charge in [0.05, 0.1) is 0 Å². The first-order valence-corrected chi connectivity index (χ1v) is 6.18. The number of hydrogen-bond donors (Lipinski definition) is 1. The maximum absolute atomic E-state index is 13.6. The van der Waals surface area contributed by atoms with Crippen LogP contribution in [0.15, 0.2) is 24.3 Å². The van der Waals surface area contributed by atoms with Gasteiger partial charge in [-0.25, -0.2) is 4.39 Å². The van der Waals surface area contributed by atoms with Gasteiger partial charge < -0.3 is 5.73 Å². The second-order valence-corrected chi connectivity index (χ2v) is 4.90. The minimum absolute atomic E-state index is 0.0585. The molecule has 3 heteroatoms. The maximum atomic E-state index is 13.6. The summed E-state index contributed by atoms with van der Waals surface area (Å²) in [5.41, 5.74) is 6.52. The van der Waals surface area contributed by atoms with Crippen molar-refractivity contribution in [1.82, 2.24) is 4.90 Å². The van der Waals surface area contributed by atoms with Crippen LogP contribution in [0, 0.1) is 5.82 Å². The highest BCUT2D eigenvalue weighted by atomic mass is 19.1. The molecule has 1 rings (SSSR count). The van der Waals surface area contributed by atoms with E-state index in [0.717, 1.165) is 18.4 Å². The average molecular weight is 238 g/mol. The number of halogens is 1. The predicted octanol–water partition coefficient (Wildman–Crippen LogP) is 2.78. The maximum Gasteiger partial charge on any atom is 0.127 e. The summed E-state index contributed by atoms with van der Waals surface area (Å²) < 4.78 is 13.6. The van der Waals surface area contributed by atoms with Crippen molar-refractivity contribution in [2.45, 2.75) is 38.8 Å². The first kappa shape index (κ1) is 14.1. The number of benzene rings is 1. The Morgan fingerprint density at radius 1 is 1.35 bits per heavy atom. The van der Waals surface area contributed by atoms with Crippen molar-refractivity contribution in [2.75, 3.05) is 13.6 Å². The fourth-order valence-electron chi connectivity index (χ4n) is 2.06. The van der Waals surface area contributed by atoms with Gasteiger partial charge in [0, 0.05) is 24.2 Å². The first-order chi connectivity index (χ1) is 8.03. The third-order valence-electron chi connectivity index (χ3n) is 3.52. The molecule has 0 heterocycles. The summed E-state index contributed by atoms with van der Waals surface area (Å²) in [4.78, 5) is 2.15. The monoisotopic (exact) mass is 238 g/mol. The molecule has 2 N–H and O–H groups in total. The molecule has 0 aliphatic carbocycles. The molecule has 0 aliphatic rings. The molecule has 2 nitrogen and oxygen atoms in total. The van der Waals surface area contributed by atoms with Gasteiger partial charge in [-0.15, -0.1) is 0 Å². The molecule has 0 amide bonds. The Bertz CT molecular complexity index is 354. The molecule has 0 aromatic heterocycles. The lowest BCUT2D eigenvalue weighted by molar-refractivity contribution is 0.124. The lowest BCUT2D eigenvalue weighted by Gasteiger charge is -2.38. The third kappa shape index (κ3) is 3.51. The number of nitrogens with zero attached hydrogens (tertiary/aromatic N) is 1. The van der Waals surface area contributed by atoms with Gasteiger partial charge in [0.25, 0.3) is 0 Å². The van der Waals surface area contributed by atoms with Crippen LogP contribution in [-0.2, 0) is 6.54 Å². The van der Waals surface area contributed by atoms with Crippen LogP contribution >= 0.6 is 0 Å². The summed E-state index contributed by atoms with van der Waals surface area (Å²) in [6.45, 7) is 5.47. The molecule has 0 spiro atoms. The number of likely N-dealkylation sites (N-methyl/N-ethyl adjacent to an activating group) is 1. The third-order valence-corrected chi connectivity index (χ3v) is 3.52. The molecule has 1 aromatic rings. The molecule has 1 atom stereocenters. The minimum atomic E-state index is -0.143. The van der Waals surface area contributed by atoms with Crippen LogP contribution in [-0.4, -0.2) is 24.0 Å². The second kappa shape index (κ2) is 6.12. The Hall–Kier alpha value is -0.930. The Morgan fingerprint density at radius 2 is 2.00 bits per heavy atom. The quantitative estimate of drug-likeness (QED) is 0.825. The highest BCUT2D eigenvalue weighted by Gasteiger charge is 2.26. The Labute approximate surface area is 104 Å². The summed E-state index contributed by atoms with van der Waals surface area (Å²) in [7, 11) is 2.01. The molecular formula is C14H23FN2. The van der Waals surface area contributed by atoms with E-state index in [9.17, 15) is 4.39 Å². The highest BCUT2D eigenvalue weighted by Crippen LogP contribution is 2.21. The largest absolute Gasteiger partial charge is 0.329 e. The standard InChI is InChI=1S/C14H23FN2/c1-4-9-14(2,11-16)17(3)10-12-7-5-6-8-13(12)15/h5-8H,4,9-11,16H2,1-3H3. The molecule has 1 unspecified atom stereocenters. The van der Waals surface area contributed by atoms with Gasteiger partial charge in [0.1, 0.15) is 5.82 Å². The lowest BCUT2D eigenvalue weighted by atomic mass is 9.94. The summed E-state index contributed by atoms with van der Waals surface area (Å²) in [6.07, 6.45) is 2.10. The molecule has 0 saturated carbocycles. The van der Waals surface area contributed by atoms with Crippen LogP contribution in [0.5, 0.6) is 0 Å². The Kier molecular flexibility index (Phi) is 5.09. The Morgan fingerprint density at radius 3 is 2.53 bits per heavy atom. The Balaban J connectivity index is 2.77. The van der Waals surface area contributed by atoms with E-state index in [1.54, 1.807) is 6.07 Å². The molecular weight excluding hydrogens is 215 g/mol. The molecule has 96 valence electrons. The SMILES string of the molecule is CCCC(C)(CN)N(C)Cc1ccccc1F. The first-order valence-electron chi connectivity index (χ1n) is 6.18. The van der Waals surface area contributed by atoms with Crippen LogP contribution < -0.4 is 5.73 Å². The van der Waals surface area contributed by atoms with E-state index in [-0.39, 0.29) is 11.4 Å². The van der Waals surface area contributed by atoms with Crippen LogP contribution in [0.3, 0.4) is 0 Å². The summed E-state index contributed by atoms with van der Waals surface area (Å²) in [6, 6.07) is 6.91. The predicted molar refractivity (Wildman–Crippen MR) is 70.2 cm³/mol. The van der Waals surface area contributed by atoms with Crippen molar-refractivity contribution >= 4 is 0 Å². The molecule has 17 heavy (non-hydrogen) atoms. The number of rotatable bonds is 6. The number of nitrogens with two attached hydrogens (primary N) is 1. The van der Waals surface area contributed by atoms with E-state index < -0.39 is 0 Å². The van der Waals surface area contributed by atoms with Gasteiger partial charge in [-0.3, -0.25) is 4.90 Å². The van der Waals surface area contributed by atoms with E-state index in [4.69, 9.17) is 5.73 Å². The van der Waals surface area contributed by atoms with E-state index in [1.165, 1.54) is 6.07 Å². The van der Waals surface area contributed by atoms with Crippen LogP contribution in [0.25, 0.3) is 0 Å². The molecule has 0 bridgehead atoms. The molecule has 0 fully saturated rings. The lowest BCUT2D eigenvalue weighted by Crippen LogP contribution is -2.49. The van der Waals surface area contributed by atoms with Crippen molar-refractivity contribution in [1.29, 1.82) is 0 Å². The van der Waals surface area contributed by atoms with Crippen molar-refractivity contribution in [3.63, 3.8) is 0 Å². The molecule has 0 saturated heterocycles. The van der Waals surface area contributed by atoms with Gasteiger partial charge >= 0.3 is 0 Å².